The predicted octanol–water partition coefficient (Wildman–Crippen LogP) is 3.96. The molecular formula is C13H7BF6O4Zn2. The third kappa shape index (κ3) is 5.94. The summed E-state index contributed by atoms with van der Waals surface area (Å²) in [6, 6.07) is 2.77. The maximum absolute atomic E-state index is 13.0. The summed E-state index contributed by atoms with van der Waals surface area (Å²) in [5, 5.41) is 0. The predicted molar refractivity (Wildman–Crippen MR) is 67.7 cm³/mol. The van der Waals surface area contributed by atoms with Crippen molar-refractivity contribution in [3.05, 3.63) is 59.2 Å². The van der Waals surface area contributed by atoms with Gasteiger partial charge in [-0.25, -0.2) is 0 Å². The molecule has 0 bridgehead atoms. The minimum absolute atomic E-state index is 0.205. The van der Waals surface area contributed by atoms with E-state index in [-0.39, 0.29) is 11.5 Å². The van der Waals surface area contributed by atoms with Crippen molar-refractivity contribution in [3.63, 3.8) is 0 Å². The van der Waals surface area contributed by atoms with Gasteiger partial charge in [-0.3, -0.25) is 0 Å². The summed E-state index contributed by atoms with van der Waals surface area (Å²) >= 11 is -4.44. The van der Waals surface area contributed by atoms with Gasteiger partial charge in [0.15, 0.2) is 0 Å². The molecule has 2 aromatic rings. The van der Waals surface area contributed by atoms with Gasteiger partial charge in [0, 0.05) is 0 Å². The molecule has 0 aliphatic carbocycles. The molecule has 0 heterocycles. The van der Waals surface area contributed by atoms with Crippen LogP contribution in [-0.2, 0) is 42.7 Å². The third-order valence-corrected chi connectivity index (χ3v) is 7.41. The van der Waals surface area contributed by atoms with E-state index in [0.29, 0.717) is 24.3 Å². The zero-order valence-electron chi connectivity index (χ0n) is 13.2. The van der Waals surface area contributed by atoms with Gasteiger partial charge in [-0.1, -0.05) is 0 Å². The van der Waals surface area contributed by atoms with Crippen LogP contribution in [0.2, 0.25) is 6.82 Å². The number of hydrogen-bond acceptors (Lipinski definition) is 4. The fourth-order valence-electron chi connectivity index (χ4n) is 1.68. The van der Waals surface area contributed by atoms with Crippen LogP contribution in [0.15, 0.2) is 24.3 Å². The summed E-state index contributed by atoms with van der Waals surface area (Å²) in [7, 11) is -0.778. The molecule has 13 heteroatoms. The fourth-order valence-corrected chi connectivity index (χ4v) is 5.29. The first-order valence-corrected chi connectivity index (χ1v) is 11.9. The Morgan fingerprint density at radius 3 is 1.27 bits per heavy atom. The van der Waals surface area contributed by atoms with Crippen molar-refractivity contribution < 1.29 is 76.1 Å². The first kappa shape index (κ1) is 21.2. The van der Waals surface area contributed by atoms with E-state index in [2.05, 4.69) is 0 Å². The Morgan fingerprint density at radius 1 is 0.654 bits per heavy atom. The van der Waals surface area contributed by atoms with E-state index in [1.807, 2.05) is 0 Å². The molecule has 0 N–H and O–H groups in total. The molecule has 132 valence electrons. The van der Waals surface area contributed by atoms with Crippen LogP contribution < -0.4 is 7.13 Å². The van der Waals surface area contributed by atoms with E-state index < -0.39 is 77.7 Å². The van der Waals surface area contributed by atoms with Gasteiger partial charge in [-0.05, 0) is 0 Å². The molecule has 0 amide bonds. The van der Waals surface area contributed by atoms with E-state index in [1.165, 1.54) is 6.82 Å². The number of benzene rings is 2. The summed E-state index contributed by atoms with van der Waals surface area (Å²) in [4.78, 5) is 0. The zero-order chi connectivity index (χ0) is 19.3. The molecular weight excluding hydrogens is 476 g/mol. The second-order valence-corrected chi connectivity index (χ2v) is 8.43. The number of rotatable bonds is 8. The van der Waals surface area contributed by atoms with Crippen LogP contribution in [0.5, 0.6) is 11.5 Å². The van der Waals surface area contributed by atoms with E-state index in [9.17, 15) is 26.3 Å². The Hall–Kier alpha value is -1.15. The van der Waals surface area contributed by atoms with Crippen molar-refractivity contribution in [2.24, 2.45) is 0 Å². The van der Waals surface area contributed by atoms with Crippen molar-refractivity contribution in [2.75, 3.05) is 0 Å². The van der Waals surface area contributed by atoms with E-state index in [0.717, 1.165) is 0 Å². The first-order chi connectivity index (χ1) is 12.3. The van der Waals surface area contributed by atoms with Gasteiger partial charge in [0.2, 0.25) is 0 Å². The minimum atomic E-state index is -2.22. The van der Waals surface area contributed by atoms with Crippen LogP contribution in [0.4, 0.5) is 26.3 Å². The molecule has 0 aliphatic heterocycles. The topological polar surface area (TPSA) is 36.9 Å². The second-order valence-electron chi connectivity index (χ2n) is 4.83. The van der Waals surface area contributed by atoms with Crippen LogP contribution >= 0.6 is 0 Å². The summed E-state index contributed by atoms with van der Waals surface area (Å²) in [5.74, 6) is -9.12. The monoisotopic (exact) mass is 480 g/mol. The van der Waals surface area contributed by atoms with Gasteiger partial charge < -0.3 is 0 Å². The van der Waals surface area contributed by atoms with Crippen LogP contribution in [0.25, 0.3) is 0 Å². The summed E-state index contributed by atoms with van der Waals surface area (Å²) in [6.45, 7) is 1.50. The second kappa shape index (κ2) is 9.69. The molecule has 0 saturated heterocycles. The normalized spacial score (nSPS) is 10.1. The zero-order valence-corrected chi connectivity index (χ0v) is 19.1. The average molecular weight is 483 g/mol. The molecule has 0 saturated carbocycles. The molecule has 26 heavy (non-hydrogen) atoms. The van der Waals surface area contributed by atoms with Crippen molar-refractivity contribution in [3.8, 4) is 11.5 Å². The summed E-state index contributed by atoms with van der Waals surface area (Å²) in [6.07, 6.45) is 0. The Morgan fingerprint density at radius 2 is 0.962 bits per heavy atom. The Kier molecular flexibility index (Phi) is 7.88. The van der Waals surface area contributed by atoms with Crippen LogP contribution in [0, 0.1) is 34.9 Å². The maximum atomic E-state index is 13.0. The number of hydrogen-bond donors (Lipinski definition) is 0. The van der Waals surface area contributed by atoms with Gasteiger partial charge >= 0.3 is 161 Å². The van der Waals surface area contributed by atoms with Gasteiger partial charge in [-0.15, -0.1) is 0 Å². The molecule has 0 aromatic heterocycles. The SMILES string of the molecule is CB([O][Zn][O]c1cc(F)c(F)c(F)c1)[O][Zn][O]c1cc(F)c(F)c(F)c1. The van der Waals surface area contributed by atoms with Crippen LogP contribution in [-0.4, -0.2) is 7.12 Å². The third-order valence-electron chi connectivity index (χ3n) is 2.97. The first-order valence-electron chi connectivity index (χ1n) is 7.05. The Bertz CT molecular complexity index is 675. The molecule has 0 radical (unpaired) electrons. The van der Waals surface area contributed by atoms with Crippen molar-refractivity contribution in [1.29, 1.82) is 0 Å². The van der Waals surface area contributed by atoms with E-state index in [4.69, 9.17) is 14.1 Å². The standard InChI is InChI=1S/2C6H3F3O.CH3BO2.2Zn/c2*7-4-1-3(10)2-5(8)6(4)9;1-2(3)4;;/h2*1-2,10H;1H3;;/q;;-2;2*+2/p-2. The molecule has 4 nitrogen and oxygen atoms in total. The molecule has 2 aromatic carbocycles. The Balaban J connectivity index is 1.73. The molecule has 0 aliphatic rings. The van der Waals surface area contributed by atoms with Gasteiger partial charge in [0.1, 0.15) is 0 Å². The summed E-state index contributed by atoms with van der Waals surface area (Å²) < 4.78 is 98.2. The van der Waals surface area contributed by atoms with Gasteiger partial charge in [-0.2, -0.15) is 0 Å². The van der Waals surface area contributed by atoms with E-state index in [1.54, 1.807) is 0 Å². The summed E-state index contributed by atoms with van der Waals surface area (Å²) in [5.41, 5.74) is 0. The molecule has 0 atom stereocenters. The average Bonchev–Trinajstić information content (AvgIpc) is 2.57. The fraction of sp³-hybridized carbons (Fsp3) is 0.0769. The van der Waals surface area contributed by atoms with Crippen molar-refractivity contribution in [1.82, 2.24) is 0 Å². The van der Waals surface area contributed by atoms with Crippen LogP contribution in [0.3, 0.4) is 0 Å². The molecule has 0 unspecified atom stereocenters. The quantitative estimate of drug-likeness (QED) is 0.324. The molecule has 0 spiro atoms. The Labute approximate surface area is 160 Å². The number of halogens is 6. The van der Waals surface area contributed by atoms with Gasteiger partial charge in [0.05, 0.1) is 0 Å². The molecule has 2 rings (SSSR count). The van der Waals surface area contributed by atoms with Crippen molar-refractivity contribution in [2.45, 2.75) is 6.82 Å². The van der Waals surface area contributed by atoms with Gasteiger partial charge in [0.25, 0.3) is 0 Å². The van der Waals surface area contributed by atoms with Crippen molar-refractivity contribution >= 4 is 7.12 Å². The van der Waals surface area contributed by atoms with E-state index >= 15 is 0 Å². The van der Waals surface area contributed by atoms with Crippen LogP contribution in [0.1, 0.15) is 0 Å². The molecule has 0 fully saturated rings.